The molecule has 16 heavy (non-hydrogen) atoms. The molecule has 82 valence electrons. The summed E-state index contributed by atoms with van der Waals surface area (Å²) in [6, 6.07) is 9.68. The molecule has 0 amide bonds. The first-order chi connectivity index (χ1) is 7.70. The standard InChI is InChI=1S/C12H11NO3/c13-11(8-4-2-1-3-5-8)10-9(14)6-7-16-12(10)15/h1-7,11,14H,13H2. The first-order valence-electron chi connectivity index (χ1n) is 4.81. The molecule has 1 heterocycles. The summed E-state index contributed by atoms with van der Waals surface area (Å²) in [6.07, 6.45) is 1.14. The fraction of sp³-hybridized carbons (Fsp3) is 0.0833. The zero-order chi connectivity index (χ0) is 11.5. The van der Waals surface area contributed by atoms with Crippen LogP contribution in [0.2, 0.25) is 0 Å². The van der Waals surface area contributed by atoms with Gasteiger partial charge >= 0.3 is 5.63 Å². The number of rotatable bonds is 2. The Bertz CT molecular complexity index is 533. The SMILES string of the molecule is NC(c1ccccc1)c1c(O)ccoc1=O. The fourth-order valence-corrected chi connectivity index (χ4v) is 1.53. The minimum atomic E-state index is -0.682. The van der Waals surface area contributed by atoms with Crippen molar-refractivity contribution >= 4 is 0 Å². The van der Waals surface area contributed by atoms with Crippen molar-refractivity contribution in [2.24, 2.45) is 5.73 Å². The Morgan fingerprint density at radius 1 is 1.19 bits per heavy atom. The van der Waals surface area contributed by atoms with Crippen LogP contribution in [0.5, 0.6) is 5.75 Å². The molecule has 1 atom stereocenters. The van der Waals surface area contributed by atoms with E-state index in [1.54, 1.807) is 12.1 Å². The second-order valence-corrected chi connectivity index (χ2v) is 3.40. The molecule has 1 unspecified atom stereocenters. The first kappa shape index (κ1) is 10.4. The molecular formula is C12H11NO3. The minimum absolute atomic E-state index is 0.0775. The molecule has 0 aliphatic carbocycles. The monoisotopic (exact) mass is 217 g/mol. The average Bonchev–Trinajstić information content (AvgIpc) is 2.30. The van der Waals surface area contributed by atoms with Gasteiger partial charge in [-0.1, -0.05) is 30.3 Å². The molecule has 1 aromatic carbocycles. The first-order valence-corrected chi connectivity index (χ1v) is 4.81. The lowest BCUT2D eigenvalue weighted by Gasteiger charge is -2.11. The Morgan fingerprint density at radius 2 is 1.88 bits per heavy atom. The van der Waals surface area contributed by atoms with Crippen molar-refractivity contribution in [1.82, 2.24) is 0 Å². The van der Waals surface area contributed by atoms with E-state index in [-0.39, 0.29) is 11.3 Å². The van der Waals surface area contributed by atoms with E-state index in [1.165, 1.54) is 6.07 Å². The average molecular weight is 217 g/mol. The molecule has 2 aromatic rings. The number of nitrogens with two attached hydrogens (primary N) is 1. The fourth-order valence-electron chi connectivity index (χ4n) is 1.53. The second-order valence-electron chi connectivity index (χ2n) is 3.40. The molecule has 0 saturated carbocycles. The van der Waals surface area contributed by atoms with Gasteiger partial charge in [0.2, 0.25) is 0 Å². The van der Waals surface area contributed by atoms with Crippen molar-refractivity contribution in [3.63, 3.8) is 0 Å². The van der Waals surface area contributed by atoms with Gasteiger partial charge in [-0.25, -0.2) is 4.79 Å². The van der Waals surface area contributed by atoms with Crippen molar-refractivity contribution in [2.45, 2.75) is 6.04 Å². The quantitative estimate of drug-likeness (QED) is 0.797. The van der Waals surface area contributed by atoms with Gasteiger partial charge < -0.3 is 15.3 Å². The Morgan fingerprint density at radius 3 is 2.50 bits per heavy atom. The van der Waals surface area contributed by atoms with Gasteiger partial charge in [0.05, 0.1) is 12.3 Å². The van der Waals surface area contributed by atoms with E-state index in [0.717, 1.165) is 11.8 Å². The van der Waals surface area contributed by atoms with Crippen LogP contribution < -0.4 is 11.4 Å². The number of hydrogen-bond acceptors (Lipinski definition) is 4. The Hall–Kier alpha value is -2.07. The maximum atomic E-state index is 11.4. The summed E-state index contributed by atoms with van der Waals surface area (Å²) in [7, 11) is 0. The van der Waals surface area contributed by atoms with Crippen LogP contribution in [0.1, 0.15) is 17.2 Å². The van der Waals surface area contributed by atoms with E-state index >= 15 is 0 Å². The van der Waals surface area contributed by atoms with Gasteiger partial charge in [0.15, 0.2) is 0 Å². The van der Waals surface area contributed by atoms with Gasteiger partial charge in [-0.15, -0.1) is 0 Å². The molecule has 4 heteroatoms. The molecule has 1 aromatic heterocycles. The van der Waals surface area contributed by atoms with Gasteiger partial charge in [-0.05, 0) is 5.56 Å². The smallest absolute Gasteiger partial charge is 0.344 e. The summed E-state index contributed by atoms with van der Waals surface area (Å²) in [5, 5.41) is 9.58. The van der Waals surface area contributed by atoms with Crippen molar-refractivity contribution in [2.75, 3.05) is 0 Å². The lowest BCUT2D eigenvalue weighted by molar-refractivity contribution is 0.430. The molecule has 2 rings (SSSR count). The zero-order valence-corrected chi connectivity index (χ0v) is 8.46. The molecule has 0 fully saturated rings. The Balaban J connectivity index is 2.50. The van der Waals surface area contributed by atoms with Crippen LogP contribution in [0.15, 0.2) is 51.9 Å². The maximum absolute atomic E-state index is 11.4. The van der Waals surface area contributed by atoms with E-state index in [1.807, 2.05) is 18.2 Å². The van der Waals surface area contributed by atoms with E-state index in [9.17, 15) is 9.90 Å². The van der Waals surface area contributed by atoms with E-state index in [4.69, 9.17) is 5.73 Å². The summed E-state index contributed by atoms with van der Waals surface area (Å²) < 4.78 is 4.69. The summed E-state index contributed by atoms with van der Waals surface area (Å²) >= 11 is 0. The minimum Gasteiger partial charge on any atom is -0.507 e. The predicted octanol–water partition coefficient (Wildman–Crippen LogP) is 1.39. The number of aromatic hydroxyl groups is 1. The molecular weight excluding hydrogens is 206 g/mol. The van der Waals surface area contributed by atoms with Crippen LogP contribution in [0.3, 0.4) is 0 Å². The molecule has 0 aliphatic rings. The van der Waals surface area contributed by atoms with E-state index < -0.39 is 11.7 Å². The Kier molecular flexibility index (Phi) is 2.74. The third-order valence-corrected chi connectivity index (χ3v) is 2.37. The summed E-state index contributed by atoms with van der Waals surface area (Å²) in [4.78, 5) is 11.4. The zero-order valence-electron chi connectivity index (χ0n) is 8.46. The summed E-state index contributed by atoms with van der Waals surface area (Å²) in [5.74, 6) is -0.146. The molecule has 0 spiro atoms. The highest BCUT2D eigenvalue weighted by molar-refractivity contribution is 5.37. The van der Waals surface area contributed by atoms with Gasteiger partial charge in [0.25, 0.3) is 0 Å². The van der Waals surface area contributed by atoms with Crippen LogP contribution in [-0.4, -0.2) is 5.11 Å². The van der Waals surface area contributed by atoms with Gasteiger partial charge in [0.1, 0.15) is 11.3 Å². The predicted molar refractivity (Wildman–Crippen MR) is 59.1 cm³/mol. The lowest BCUT2D eigenvalue weighted by atomic mass is 10.0. The molecule has 0 aliphatic heterocycles. The highest BCUT2D eigenvalue weighted by Gasteiger charge is 2.17. The second kappa shape index (κ2) is 4.20. The van der Waals surface area contributed by atoms with E-state index in [2.05, 4.69) is 4.42 Å². The molecule has 0 bridgehead atoms. The highest BCUT2D eigenvalue weighted by Crippen LogP contribution is 2.23. The highest BCUT2D eigenvalue weighted by atomic mass is 16.4. The lowest BCUT2D eigenvalue weighted by Crippen LogP contribution is -2.20. The maximum Gasteiger partial charge on any atom is 0.344 e. The molecule has 4 nitrogen and oxygen atoms in total. The van der Waals surface area contributed by atoms with Crippen LogP contribution >= 0.6 is 0 Å². The third kappa shape index (κ3) is 1.83. The number of benzene rings is 1. The van der Waals surface area contributed by atoms with Gasteiger partial charge in [-0.3, -0.25) is 0 Å². The molecule has 0 radical (unpaired) electrons. The van der Waals surface area contributed by atoms with Crippen molar-refractivity contribution < 1.29 is 9.52 Å². The largest absolute Gasteiger partial charge is 0.507 e. The van der Waals surface area contributed by atoms with Crippen LogP contribution in [0, 0.1) is 0 Å². The van der Waals surface area contributed by atoms with E-state index in [0.29, 0.717) is 0 Å². The van der Waals surface area contributed by atoms with Crippen LogP contribution in [-0.2, 0) is 0 Å². The van der Waals surface area contributed by atoms with Gasteiger partial charge in [-0.2, -0.15) is 0 Å². The normalized spacial score (nSPS) is 12.3. The molecule has 0 saturated heterocycles. The topological polar surface area (TPSA) is 76.5 Å². The number of hydrogen-bond donors (Lipinski definition) is 2. The van der Waals surface area contributed by atoms with Crippen LogP contribution in [0.25, 0.3) is 0 Å². The summed E-state index contributed by atoms with van der Waals surface area (Å²) in [5.41, 5.74) is 6.11. The molecule has 3 N–H and O–H groups in total. The Labute approximate surface area is 92.0 Å². The summed E-state index contributed by atoms with van der Waals surface area (Å²) in [6.45, 7) is 0. The van der Waals surface area contributed by atoms with Crippen molar-refractivity contribution in [3.8, 4) is 5.75 Å². The van der Waals surface area contributed by atoms with Crippen LogP contribution in [0.4, 0.5) is 0 Å². The van der Waals surface area contributed by atoms with Crippen molar-refractivity contribution in [1.29, 1.82) is 0 Å². The van der Waals surface area contributed by atoms with Crippen molar-refractivity contribution in [3.05, 3.63) is 64.2 Å². The van der Waals surface area contributed by atoms with Gasteiger partial charge in [0, 0.05) is 6.07 Å². The third-order valence-electron chi connectivity index (χ3n) is 2.37.